The van der Waals surface area contributed by atoms with E-state index in [1.54, 1.807) is 20.8 Å². The van der Waals surface area contributed by atoms with Gasteiger partial charge in [0.2, 0.25) is 0 Å². The van der Waals surface area contributed by atoms with E-state index in [0.29, 0.717) is 12.3 Å². The molecule has 1 aliphatic rings. The number of benzene rings is 1. The minimum atomic E-state index is -0.833. The van der Waals surface area contributed by atoms with Crippen LogP contribution in [-0.4, -0.2) is 42.4 Å². The van der Waals surface area contributed by atoms with Gasteiger partial charge in [0, 0.05) is 6.42 Å². The van der Waals surface area contributed by atoms with Crippen LogP contribution < -0.4 is 5.32 Å². The number of carbonyl (C=O) groups is 3. The van der Waals surface area contributed by atoms with Crippen molar-refractivity contribution in [3.63, 3.8) is 0 Å². The highest BCUT2D eigenvalue weighted by Gasteiger charge is 2.30. The lowest BCUT2D eigenvalue weighted by molar-refractivity contribution is -0.161. The maximum atomic E-state index is 12.3. The monoisotopic (exact) mass is 461 g/mol. The average Bonchev–Trinajstić information content (AvgIpc) is 2.70. The molecule has 0 bridgehead atoms. The minimum absolute atomic E-state index is 0.0282. The zero-order chi connectivity index (χ0) is 24.8. The molecule has 1 fully saturated rings. The quantitative estimate of drug-likeness (QED) is 0.478. The molecule has 1 unspecified atom stereocenters. The number of nitrogens with one attached hydrogen (secondary N) is 1. The van der Waals surface area contributed by atoms with Crippen LogP contribution in [0.1, 0.15) is 84.3 Å². The van der Waals surface area contributed by atoms with Gasteiger partial charge in [-0.2, -0.15) is 0 Å². The Labute approximate surface area is 197 Å². The summed E-state index contributed by atoms with van der Waals surface area (Å²) in [4.78, 5) is 36.6. The molecule has 1 saturated carbocycles. The Bertz CT molecular complexity index is 811. The summed E-state index contributed by atoms with van der Waals surface area (Å²) in [5, 5.41) is 2.60. The smallest absolute Gasteiger partial charge is 0.408 e. The van der Waals surface area contributed by atoms with Crippen LogP contribution in [0.4, 0.5) is 4.79 Å². The summed E-state index contributed by atoms with van der Waals surface area (Å²) in [5.74, 6) is -0.249. The predicted molar refractivity (Wildman–Crippen MR) is 126 cm³/mol. The summed E-state index contributed by atoms with van der Waals surface area (Å²) in [6, 6.07) is 7.25. The van der Waals surface area contributed by atoms with E-state index in [2.05, 4.69) is 17.4 Å². The van der Waals surface area contributed by atoms with Crippen molar-refractivity contribution in [2.24, 2.45) is 5.92 Å². The molecule has 0 heterocycles. The third-order valence-electron chi connectivity index (χ3n) is 5.53. The van der Waals surface area contributed by atoms with Crippen LogP contribution in [0.2, 0.25) is 0 Å². The molecule has 1 atom stereocenters. The summed E-state index contributed by atoms with van der Waals surface area (Å²) in [6.45, 7) is 11.0. The van der Waals surface area contributed by atoms with E-state index >= 15 is 0 Å². The molecule has 7 heteroatoms. The van der Waals surface area contributed by atoms with Crippen molar-refractivity contribution in [3.05, 3.63) is 35.4 Å². The van der Waals surface area contributed by atoms with E-state index in [4.69, 9.17) is 14.2 Å². The molecule has 1 N–H and O–H groups in total. The van der Waals surface area contributed by atoms with Crippen LogP contribution in [0.5, 0.6) is 0 Å². The van der Waals surface area contributed by atoms with Gasteiger partial charge >= 0.3 is 18.0 Å². The highest BCUT2D eigenvalue weighted by atomic mass is 16.6. The molecule has 0 radical (unpaired) electrons. The third-order valence-corrected chi connectivity index (χ3v) is 5.53. The Morgan fingerprint density at radius 2 is 1.45 bits per heavy atom. The van der Waals surface area contributed by atoms with E-state index < -0.39 is 29.3 Å². The van der Waals surface area contributed by atoms with Crippen molar-refractivity contribution < 1.29 is 28.6 Å². The summed E-state index contributed by atoms with van der Waals surface area (Å²) in [7, 11) is 1.29. The standard InChI is InChI=1S/C26H39NO6/c1-25(2,3)32-22(28)20-14-12-19(13-15-20)18-10-8-17(9-11-18)16-21(23(29)31-7)27-24(30)33-26(4,5)6/h8-11,19-21H,12-16H2,1-7H3,(H,27,30). The number of amides is 1. The van der Waals surface area contributed by atoms with Gasteiger partial charge in [0.25, 0.3) is 0 Å². The molecule has 0 saturated heterocycles. The lowest BCUT2D eigenvalue weighted by Gasteiger charge is -2.30. The van der Waals surface area contributed by atoms with Gasteiger partial charge in [0.1, 0.15) is 17.2 Å². The summed E-state index contributed by atoms with van der Waals surface area (Å²) < 4.78 is 15.6. The maximum Gasteiger partial charge on any atom is 0.408 e. The number of alkyl carbamates (subject to hydrolysis) is 1. The molecular formula is C26H39NO6. The van der Waals surface area contributed by atoms with Gasteiger partial charge in [-0.15, -0.1) is 0 Å². The fraction of sp³-hybridized carbons (Fsp3) is 0.654. The summed E-state index contributed by atoms with van der Waals surface area (Å²) in [5.41, 5.74) is 1.02. The number of hydrogen-bond donors (Lipinski definition) is 1. The first-order valence-corrected chi connectivity index (χ1v) is 11.7. The molecule has 0 aromatic heterocycles. The molecular weight excluding hydrogens is 422 g/mol. The van der Waals surface area contributed by atoms with Crippen LogP contribution in [0.25, 0.3) is 0 Å². The van der Waals surface area contributed by atoms with E-state index in [0.717, 1.165) is 31.2 Å². The van der Waals surface area contributed by atoms with E-state index in [9.17, 15) is 14.4 Å². The van der Waals surface area contributed by atoms with Crippen molar-refractivity contribution in [2.45, 2.75) is 96.8 Å². The molecule has 1 aliphatic carbocycles. The number of hydrogen-bond acceptors (Lipinski definition) is 6. The van der Waals surface area contributed by atoms with Crippen LogP contribution in [0.15, 0.2) is 24.3 Å². The largest absolute Gasteiger partial charge is 0.467 e. The molecule has 1 aromatic carbocycles. The van der Waals surface area contributed by atoms with E-state index in [1.165, 1.54) is 12.7 Å². The normalized spacial score (nSPS) is 19.8. The van der Waals surface area contributed by atoms with Crippen LogP contribution in [0, 0.1) is 5.92 Å². The van der Waals surface area contributed by atoms with Gasteiger partial charge in [-0.1, -0.05) is 24.3 Å². The lowest BCUT2D eigenvalue weighted by Crippen LogP contribution is -2.45. The van der Waals surface area contributed by atoms with Gasteiger partial charge in [0.15, 0.2) is 0 Å². The number of methoxy groups -OCH3 is 1. The van der Waals surface area contributed by atoms with Crippen molar-refractivity contribution >= 4 is 18.0 Å². The third kappa shape index (κ3) is 9.06. The molecule has 1 aromatic rings. The predicted octanol–water partition coefficient (Wildman–Crippen LogP) is 4.91. The van der Waals surface area contributed by atoms with Gasteiger partial charge in [0.05, 0.1) is 13.0 Å². The number of ether oxygens (including phenoxy) is 3. The van der Waals surface area contributed by atoms with Gasteiger partial charge < -0.3 is 19.5 Å². The second-order valence-electron chi connectivity index (χ2n) is 10.7. The van der Waals surface area contributed by atoms with Crippen molar-refractivity contribution in [1.82, 2.24) is 5.32 Å². The molecule has 0 aliphatic heterocycles. The van der Waals surface area contributed by atoms with E-state index in [-0.39, 0.29) is 11.9 Å². The Hall–Kier alpha value is -2.57. The number of esters is 2. The first kappa shape index (κ1) is 26.7. The van der Waals surface area contributed by atoms with Crippen LogP contribution >= 0.6 is 0 Å². The summed E-state index contributed by atoms with van der Waals surface area (Å²) >= 11 is 0. The van der Waals surface area contributed by atoms with Crippen LogP contribution in [-0.2, 0) is 30.2 Å². The molecule has 0 spiro atoms. The molecule has 7 nitrogen and oxygen atoms in total. The van der Waals surface area contributed by atoms with Gasteiger partial charge in [-0.3, -0.25) is 4.79 Å². The second-order valence-corrected chi connectivity index (χ2v) is 10.7. The fourth-order valence-electron chi connectivity index (χ4n) is 3.99. The van der Waals surface area contributed by atoms with E-state index in [1.807, 2.05) is 32.9 Å². The molecule has 2 rings (SSSR count). The van der Waals surface area contributed by atoms with Crippen molar-refractivity contribution in [2.75, 3.05) is 7.11 Å². The zero-order valence-corrected chi connectivity index (χ0v) is 21.0. The molecule has 184 valence electrons. The lowest BCUT2D eigenvalue weighted by atomic mass is 9.78. The van der Waals surface area contributed by atoms with Crippen molar-refractivity contribution in [1.29, 1.82) is 0 Å². The maximum absolute atomic E-state index is 12.3. The van der Waals surface area contributed by atoms with Crippen molar-refractivity contribution in [3.8, 4) is 0 Å². The van der Waals surface area contributed by atoms with Gasteiger partial charge in [-0.25, -0.2) is 9.59 Å². The minimum Gasteiger partial charge on any atom is -0.467 e. The first-order chi connectivity index (χ1) is 15.3. The van der Waals surface area contributed by atoms with Crippen LogP contribution in [0.3, 0.4) is 0 Å². The molecule has 33 heavy (non-hydrogen) atoms. The second kappa shape index (κ2) is 11.0. The first-order valence-electron chi connectivity index (χ1n) is 11.7. The Balaban J connectivity index is 1.95. The zero-order valence-electron chi connectivity index (χ0n) is 21.0. The Morgan fingerprint density at radius 1 is 0.909 bits per heavy atom. The SMILES string of the molecule is COC(=O)C(Cc1ccc(C2CCC(C(=O)OC(C)(C)C)CC2)cc1)NC(=O)OC(C)(C)C. The number of carbonyl (C=O) groups excluding carboxylic acids is 3. The number of rotatable bonds is 6. The highest BCUT2D eigenvalue weighted by Crippen LogP contribution is 2.36. The fourth-order valence-corrected chi connectivity index (χ4v) is 3.99. The Kier molecular flexibility index (Phi) is 8.92. The molecule has 1 amide bonds. The average molecular weight is 462 g/mol. The highest BCUT2D eigenvalue weighted by molar-refractivity contribution is 5.81. The Morgan fingerprint density at radius 3 is 1.94 bits per heavy atom. The van der Waals surface area contributed by atoms with Gasteiger partial charge in [-0.05, 0) is 84.3 Å². The topological polar surface area (TPSA) is 90.9 Å². The summed E-state index contributed by atoms with van der Waals surface area (Å²) in [6.07, 6.45) is 3.17.